The number of thioether (sulfide) groups is 1. The summed E-state index contributed by atoms with van der Waals surface area (Å²) in [6, 6.07) is 6.41. The van der Waals surface area contributed by atoms with Crippen LogP contribution in [-0.2, 0) is 11.3 Å². The normalized spacial score (nSPS) is 12.0. The second-order valence-corrected chi connectivity index (χ2v) is 7.30. The van der Waals surface area contributed by atoms with Crippen LogP contribution in [0.15, 0.2) is 46.9 Å². The minimum Gasteiger partial charge on any atom is -0.336 e. The fraction of sp³-hybridized carbons (Fsp3) is 0.333. The van der Waals surface area contributed by atoms with Gasteiger partial charge in [0.05, 0.1) is 16.2 Å². The zero-order chi connectivity index (χ0) is 19.3. The van der Waals surface area contributed by atoms with Crippen molar-refractivity contribution < 1.29 is 9.59 Å². The van der Waals surface area contributed by atoms with E-state index in [1.807, 2.05) is 0 Å². The number of benzene rings is 1. The summed E-state index contributed by atoms with van der Waals surface area (Å²) in [5.74, 6) is -0.458. The van der Waals surface area contributed by atoms with Crippen molar-refractivity contribution in [2.75, 3.05) is 0 Å². The molecular formula is C18H22N4O3S. The molecule has 0 aliphatic rings. The number of hydrogen-bond acceptors (Lipinski definition) is 5. The molecule has 2 rings (SSSR count). The van der Waals surface area contributed by atoms with Crippen molar-refractivity contribution in [1.82, 2.24) is 20.2 Å². The zero-order valence-corrected chi connectivity index (χ0v) is 15.8. The molecule has 0 saturated heterocycles. The molecule has 0 radical (unpaired) electrons. The van der Waals surface area contributed by atoms with E-state index in [0.717, 1.165) is 11.8 Å². The first-order valence-corrected chi connectivity index (χ1v) is 9.10. The lowest BCUT2D eigenvalue weighted by molar-refractivity contribution is -0.119. The molecule has 0 aliphatic heterocycles. The van der Waals surface area contributed by atoms with Gasteiger partial charge in [0.15, 0.2) is 5.16 Å². The van der Waals surface area contributed by atoms with Crippen molar-refractivity contribution in [1.29, 1.82) is 0 Å². The Labute approximate surface area is 155 Å². The first kappa shape index (κ1) is 19.7. The highest BCUT2D eigenvalue weighted by Crippen LogP contribution is 2.22. The Morgan fingerprint density at radius 3 is 2.65 bits per heavy atom. The summed E-state index contributed by atoms with van der Waals surface area (Å²) in [5.41, 5.74) is 0.369. The average molecular weight is 374 g/mol. The number of amides is 3. The molecule has 1 aromatic heterocycles. The topological polar surface area (TPSA) is 93.1 Å². The highest BCUT2D eigenvalue weighted by atomic mass is 32.2. The maximum Gasteiger partial charge on any atom is 0.321 e. The van der Waals surface area contributed by atoms with E-state index in [9.17, 15) is 14.4 Å². The predicted molar refractivity (Wildman–Crippen MR) is 103 cm³/mol. The van der Waals surface area contributed by atoms with E-state index in [2.05, 4.69) is 22.2 Å². The Kier molecular flexibility index (Phi) is 6.57. The Morgan fingerprint density at radius 2 is 2.00 bits per heavy atom. The van der Waals surface area contributed by atoms with Crippen LogP contribution in [-0.4, -0.2) is 32.8 Å². The molecule has 2 aromatic rings. The van der Waals surface area contributed by atoms with E-state index in [-0.39, 0.29) is 18.1 Å². The molecule has 0 saturated carbocycles. The Morgan fingerprint density at radius 1 is 1.31 bits per heavy atom. The smallest absolute Gasteiger partial charge is 0.321 e. The molecule has 1 atom stereocenters. The summed E-state index contributed by atoms with van der Waals surface area (Å²) in [5, 5.41) is 5.18. The highest BCUT2D eigenvalue weighted by molar-refractivity contribution is 8.00. The van der Waals surface area contributed by atoms with Gasteiger partial charge in [-0.1, -0.05) is 30.0 Å². The molecule has 0 bridgehead atoms. The van der Waals surface area contributed by atoms with Crippen molar-refractivity contribution in [2.45, 2.75) is 43.8 Å². The van der Waals surface area contributed by atoms with Gasteiger partial charge < -0.3 is 5.32 Å². The third-order valence-electron chi connectivity index (χ3n) is 3.45. The summed E-state index contributed by atoms with van der Waals surface area (Å²) in [4.78, 5) is 41.1. The molecule has 3 amide bonds. The van der Waals surface area contributed by atoms with Crippen molar-refractivity contribution in [3.63, 3.8) is 0 Å². The van der Waals surface area contributed by atoms with Gasteiger partial charge in [0.25, 0.3) is 5.56 Å². The number of para-hydroxylation sites is 1. The van der Waals surface area contributed by atoms with E-state index in [0.29, 0.717) is 16.1 Å². The van der Waals surface area contributed by atoms with E-state index < -0.39 is 17.2 Å². The first-order valence-electron chi connectivity index (χ1n) is 8.22. The number of nitrogens with one attached hydrogen (secondary N) is 2. The van der Waals surface area contributed by atoms with Gasteiger partial charge in [-0.15, -0.1) is 6.58 Å². The number of allylic oxidation sites excluding steroid dienone is 1. The Hall–Kier alpha value is -2.61. The Bertz CT molecular complexity index is 892. The summed E-state index contributed by atoms with van der Waals surface area (Å²) >= 11 is 1.12. The van der Waals surface area contributed by atoms with Crippen LogP contribution in [0.25, 0.3) is 10.9 Å². The monoisotopic (exact) mass is 374 g/mol. The van der Waals surface area contributed by atoms with Crippen molar-refractivity contribution in [2.24, 2.45) is 0 Å². The predicted octanol–water partition coefficient (Wildman–Crippen LogP) is 2.30. The standard InChI is InChI=1S/C18H22N4O3S/c1-5-10-22-16(24)13-8-6-7-9-14(13)20-18(22)26-12(4)15(23)21-17(25)19-11(2)3/h5-9,11-12H,1,10H2,2-4H3,(H2,19,21,23,25)/t12-/m0/s1. The van der Waals surface area contributed by atoms with Gasteiger partial charge >= 0.3 is 6.03 Å². The number of carbonyl (C=O) groups is 2. The zero-order valence-electron chi connectivity index (χ0n) is 15.0. The van der Waals surface area contributed by atoms with Crippen LogP contribution >= 0.6 is 11.8 Å². The molecule has 1 heterocycles. The molecular weight excluding hydrogens is 352 g/mol. The maximum atomic E-state index is 12.7. The van der Waals surface area contributed by atoms with Crippen LogP contribution in [0.5, 0.6) is 0 Å². The highest BCUT2D eigenvalue weighted by Gasteiger charge is 2.20. The van der Waals surface area contributed by atoms with Crippen molar-refractivity contribution >= 4 is 34.6 Å². The minimum atomic E-state index is -0.614. The van der Waals surface area contributed by atoms with Crippen LogP contribution < -0.4 is 16.2 Å². The third kappa shape index (κ3) is 4.72. The number of urea groups is 1. The SMILES string of the molecule is C=CCn1c(S[C@@H](C)C(=O)NC(=O)NC(C)C)nc2ccccc2c1=O. The van der Waals surface area contributed by atoms with Gasteiger partial charge in [0.1, 0.15) is 0 Å². The van der Waals surface area contributed by atoms with Crippen LogP contribution in [0, 0.1) is 0 Å². The Balaban J connectivity index is 2.27. The number of nitrogens with zero attached hydrogens (tertiary/aromatic N) is 2. The molecule has 2 N–H and O–H groups in total. The van der Waals surface area contributed by atoms with E-state index >= 15 is 0 Å². The fourth-order valence-electron chi connectivity index (χ4n) is 2.25. The van der Waals surface area contributed by atoms with Gasteiger partial charge in [0.2, 0.25) is 5.91 Å². The van der Waals surface area contributed by atoms with Gasteiger partial charge in [-0.3, -0.25) is 19.5 Å². The average Bonchev–Trinajstić information content (AvgIpc) is 2.57. The van der Waals surface area contributed by atoms with Gasteiger partial charge in [-0.05, 0) is 32.9 Å². The molecule has 138 valence electrons. The minimum absolute atomic E-state index is 0.0781. The molecule has 26 heavy (non-hydrogen) atoms. The summed E-state index contributed by atoms with van der Waals surface area (Å²) in [6.07, 6.45) is 1.60. The first-order chi connectivity index (χ1) is 12.3. The van der Waals surface area contributed by atoms with Gasteiger partial charge in [-0.2, -0.15) is 0 Å². The van der Waals surface area contributed by atoms with Crippen molar-refractivity contribution in [3.05, 3.63) is 47.3 Å². The number of aromatic nitrogens is 2. The number of hydrogen-bond donors (Lipinski definition) is 2. The number of imide groups is 1. The van der Waals surface area contributed by atoms with E-state index in [1.165, 1.54) is 4.57 Å². The summed E-state index contributed by atoms with van der Waals surface area (Å²) in [7, 11) is 0. The van der Waals surface area contributed by atoms with Crippen LogP contribution in [0.1, 0.15) is 20.8 Å². The number of fused-ring (bicyclic) bond motifs is 1. The molecule has 7 nitrogen and oxygen atoms in total. The summed E-state index contributed by atoms with van der Waals surface area (Å²) < 4.78 is 1.47. The molecule has 0 unspecified atom stereocenters. The second kappa shape index (κ2) is 8.66. The molecule has 1 aromatic carbocycles. The van der Waals surface area contributed by atoms with Crippen molar-refractivity contribution in [3.8, 4) is 0 Å². The largest absolute Gasteiger partial charge is 0.336 e. The van der Waals surface area contributed by atoms with E-state index in [4.69, 9.17) is 0 Å². The maximum absolute atomic E-state index is 12.7. The second-order valence-electron chi connectivity index (χ2n) is 5.99. The quantitative estimate of drug-likeness (QED) is 0.460. The van der Waals surface area contributed by atoms with Crippen LogP contribution in [0.2, 0.25) is 0 Å². The lowest BCUT2D eigenvalue weighted by Gasteiger charge is -2.16. The molecule has 0 spiro atoms. The lowest BCUT2D eigenvalue weighted by Crippen LogP contribution is -2.45. The van der Waals surface area contributed by atoms with E-state index in [1.54, 1.807) is 51.1 Å². The summed E-state index contributed by atoms with van der Waals surface area (Å²) in [6.45, 7) is 9.21. The molecule has 0 aliphatic carbocycles. The van der Waals surface area contributed by atoms with Gasteiger partial charge in [0, 0.05) is 12.6 Å². The van der Waals surface area contributed by atoms with Crippen LogP contribution in [0.4, 0.5) is 4.79 Å². The molecule has 0 fully saturated rings. The number of rotatable bonds is 6. The van der Waals surface area contributed by atoms with Gasteiger partial charge in [-0.25, -0.2) is 9.78 Å². The number of carbonyl (C=O) groups excluding carboxylic acids is 2. The fourth-order valence-corrected chi connectivity index (χ4v) is 3.17. The third-order valence-corrected chi connectivity index (χ3v) is 4.54. The lowest BCUT2D eigenvalue weighted by atomic mass is 10.2. The van der Waals surface area contributed by atoms with Crippen LogP contribution in [0.3, 0.4) is 0 Å². The molecule has 8 heteroatoms.